The van der Waals surface area contributed by atoms with E-state index >= 15 is 0 Å². The molecule has 0 radical (unpaired) electrons. The SMILES string of the molecule is O=C(Nc1ccc2cn[nH]c2c1)c1cc2ccccc2oc1=O. The highest BCUT2D eigenvalue weighted by atomic mass is 16.4. The van der Waals surface area contributed by atoms with E-state index in [0.717, 1.165) is 10.9 Å². The number of amides is 1. The Balaban J connectivity index is 1.71. The molecule has 4 rings (SSSR count). The summed E-state index contributed by atoms with van der Waals surface area (Å²) >= 11 is 0. The lowest BCUT2D eigenvalue weighted by molar-refractivity contribution is 0.102. The van der Waals surface area contributed by atoms with E-state index in [9.17, 15) is 9.59 Å². The van der Waals surface area contributed by atoms with Gasteiger partial charge in [-0.25, -0.2) is 4.79 Å². The van der Waals surface area contributed by atoms with Gasteiger partial charge >= 0.3 is 5.63 Å². The lowest BCUT2D eigenvalue weighted by Crippen LogP contribution is -2.20. The average Bonchev–Trinajstić information content (AvgIpc) is 3.01. The molecule has 0 aliphatic carbocycles. The molecule has 0 aliphatic rings. The van der Waals surface area contributed by atoms with Crippen LogP contribution in [0, 0.1) is 0 Å². The summed E-state index contributed by atoms with van der Waals surface area (Å²) < 4.78 is 5.18. The lowest BCUT2D eigenvalue weighted by atomic mass is 10.1. The minimum absolute atomic E-state index is 0.0339. The molecule has 2 heterocycles. The summed E-state index contributed by atoms with van der Waals surface area (Å²) in [5.41, 5.74) is 1.12. The fraction of sp³-hybridized carbons (Fsp3) is 0. The number of rotatable bonds is 2. The average molecular weight is 305 g/mol. The zero-order chi connectivity index (χ0) is 15.8. The van der Waals surface area contributed by atoms with Crippen LogP contribution in [0.25, 0.3) is 21.9 Å². The topological polar surface area (TPSA) is 88.0 Å². The minimum atomic E-state index is -0.663. The van der Waals surface area contributed by atoms with E-state index < -0.39 is 11.5 Å². The number of anilines is 1. The molecule has 0 atom stereocenters. The number of fused-ring (bicyclic) bond motifs is 2. The first-order chi connectivity index (χ1) is 11.2. The van der Waals surface area contributed by atoms with Crippen molar-refractivity contribution >= 4 is 33.5 Å². The summed E-state index contributed by atoms with van der Waals surface area (Å²) in [5.74, 6) is -0.511. The van der Waals surface area contributed by atoms with Crippen LogP contribution in [0.15, 0.2) is 63.9 Å². The number of carbonyl (C=O) groups is 1. The Labute approximate surface area is 129 Å². The van der Waals surface area contributed by atoms with E-state index in [1.54, 1.807) is 36.5 Å². The maximum Gasteiger partial charge on any atom is 0.349 e. The van der Waals surface area contributed by atoms with Crippen LogP contribution in [-0.4, -0.2) is 16.1 Å². The third kappa shape index (κ3) is 2.36. The smallest absolute Gasteiger partial charge is 0.349 e. The van der Waals surface area contributed by atoms with E-state index in [-0.39, 0.29) is 5.56 Å². The van der Waals surface area contributed by atoms with Crippen LogP contribution in [0.2, 0.25) is 0 Å². The van der Waals surface area contributed by atoms with Crippen molar-refractivity contribution < 1.29 is 9.21 Å². The van der Waals surface area contributed by atoms with Crippen molar-refractivity contribution in [2.75, 3.05) is 5.32 Å². The molecular weight excluding hydrogens is 294 g/mol. The number of H-pyrrole nitrogens is 1. The molecule has 0 saturated carbocycles. The van der Waals surface area contributed by atoms with Crippen molar-refractivity contribution in [2.24, 2.45) is 0 Å². The summed E-state index contributed by atoms with van der Waals surface area (Å²) in [6.07, 6.45) is 1.69. The molecule has 6 heteroatoms. The van der Waals surface area contributed by atoms with Crippen LogP contribution in [-0.2, 0) is 0 Å². The first kappa shape index (κ1) is 13.3. The van der Waals surface area contributed by atoms with Gasteiger partial charge in [-0.05, 0) is 30.3 Å². The van der Waals surface area contributed by atoms with Gasteiger partial charge in [-0.2, -0.15) is 5.10 Å². The van der Waals surface area contributed by atoms with Crippen LogP contribution in [0.3, 0.4) is 0 Å². The Morgan fingerprint density at radius 2 is 1.96 bits per heavy atom. The van der Waals surface area contributed by atoms with E-state index in [2.05, 4.69) is 15.5 Å². The van der Waals surface area contributed by atoms with Crippen molar-refractivity contribution in [3.05, 3.63) is 70.7 Å². The molecule has 2 aromatic heterocycles. The highest BCUT2D eigenvalue weighted by Gasteiger charge is 2.14. The van der Waals surface area contributed by atoms with Crippen molar-refractivity contribution in [1.29, 1.82) is 0 Å². The largest absolute Gasteiger partial charge is 0.422 e. The van der Waals surface area contributed by atoms with Gasteiger partial charge in [-0.3, -0.25) is 9.89 Å². The van der Waals surface area contributed by atoms with Gasteiger partial charge in [0, 0.05) is 16.5 Å². The number of carbonyl (C=O) groups excluding carboxylic acids is 1. The van der Waals surface area contributed by atoms with Gasteiger partial charge < -0.3 is 9.73 Å². The molecule has 2 N–H and O–H groups in total. The number of benzene rings is 2. The Hall–Kier alpha value is -3.41. The molecule has 0 spiro atoms. The van der Waals surface area contributed by atoms with Crippen molar-refractivity contribution in [3.8, 4) is 0 Å². The van der Waals surface area contributed by atoms with Crippen molar-refractivity contribution in [3.63, 3.8) is 0 Å². The molecule has 0 bridgehead atoms. The second-order valence-electron chi connectivity index (χ2n) is 5.11. The summed E-state index contributed by atoms with van der Waals surface area (Å²) in [6.45, 7) is 0. The maximum absolute atomic E-state index is 12.4. The van der Waals surface area contributed by atoms with Crippen LogP contribution < -0.4 is 10.9 Å². The van der Waals surface area contributed by atoms with Crippen LogP contribution in [0.4, 0.5) is 5.69 Å². The van der Waals surface area contributed by atoms with Gasteiger partial charge in [0.2, 0.25) is 0 Å². The number of hydrogen-bond acceptors (Lipinski definition) is 4. The summed E-state index contributed by atoms with van der Waals surface area (Å²) in [5, 5.41) is 11.1. The van der Waals surface area contributed by atoms with Gasteiger partial charge in [0.1, 0.15) is 11.1 Å². The molecule has 0 fully saturated rings. The zero-order valence-corrected chi connectivity index (χ0v) is 11.9. The van der Waals surface area contributed by atoms with Gasteiger partial charge in [0.15, 0.2) is 0 Å². The first-order valence-corrected chi connectivity index (χ1v) is 6.98. The highest BCUT2D eigenvalue weighted by Crippen LogP contribution is 2.18. The second-order valence-corrected chi connectivity index (χ2v) is 5.11. The predicted octanol–water partition coefficient (Wildman–Crippen LogP) is 2.92. The fourth-order valence-corrected chi connectivity index (χ4v) is 2.43. The van der Waals surface area contributed by atoms with Gasteiger partial charge in [0.05, 0.1) is 11.7 Å². The van der Waals surface area contributed by atoms with Gasteiger partial charge in [-0.1, -0.05) is 18.2 Å². The van der Waals surface area contributed by atoms with E-state index in [4.69, 9.17) is 4.42 Å². The monoisotopic (exact) mass is 305 g/mol. The number of aromatic amines is 1. The van der Waals surface area contributed by atoms with E-state index in [1.165, 1.54) is 6.07 Å². The Kier molecular flexibility index (Phi) is 2.94. The third-order valence-corrected chi connectivity index (χ3v) is 3.59. The van der Waals surface area contributed by atoms with E-state index in [0.29, 0.717) is 16.7 Å². The normalized spacial score (nSPS) is 11.0. The summed E-state index contributed by atoms with van der Waals surface area (Å²) in [6, 6.07) is 13.9. The number of para-hydroxylation sites is 1. The molecule has 4 aromatic rings. The third-order valence-electron chi connectivity index (χ3n) is 3.59. The van der Waals surface area contributed by atoms with Crippen LogP contribution in [0.5, 0.6) is 0 Å². The van der Waals surface area contributed by atoms with Crippen LogP contribution in [0.1, 0.15) is 10.4 Å². The zero-order valence-electron chi connectivity index (χ0n) is 11.9. The molecule has 0 unspecified atom stereocenters. The fourth-order valence-electron chi connectivity index (χ4n) is 2.43. The maximum atomic E-state index is 12.4. The number of aromatic nitrogens is 2. The quantitative estimate of drug-likeness (QED) is 0.557. The minimum Gasteiger partial charge on any atom is -0.422 e. The van der Waals surface area contributed by atoms with E-state index in [1.807, 2.05) is 12.1 Å². The summed E-state index contributed by atoms with van der Waals surface area (Å²) in [4.78, 5) is 24.3. The Morgan fingerprint density at radius 1 is 1.09 bits per heavy atom. The van der Waals surface area contributed by atoms with Gasteiger partial charge in [-0.15, -0.1) is 0 Å². The molecule has 0 saturated heterocycles. The molecule has 2 aromatic carbocycles. The number of nitrogens with zero attached hydrogens (tertiary/aromatic N) is 1. The second kappa shape index (κ2) is 5.10. The number of nitrogens with one attached hydrogen (secondary N) is 2. The molecule has 0 aliphatic heterocycles. The molecule has 112 valence electrons. The van der Waals surface area contributed by atoms with Crippen LogP contribution >= 0.6 is 0 Å². The van der Waals surface area contributed by atoms with Gasteiger partial charge in [0.25, 0.3) is 5.91 Å². The Morgan fingerprint density at radius 3 is 2.87 bits per heavy atom. The van der Waals surface area contributed by atoms with Crippen molar-refractivity contribution in [2.45, 2.75) is 0 Å². The molecule has 1 amide bonds. The number of hydrogen-bond donors (Lipinski definition) is 2. The first-order valence-electron chi connectivity index (χ1n) is 6.98. The standard InChI is InChI=1S/C17H11N3O3/c21-16(19-12-6-5-11-9-18-20-14(11)8-12)13-7-10-3-1-2-4-15(10)23-17(13)22/h1-9H,(H,18,20)(H,19,21). The highest BCUT2D eigenvalue weighted by molar-refractivity contribution is 6.06. The lowest BCUT2D eigenvalue weighted by Gasteiger charge is -2.05. The summed E-state index contributed by atoms with van der Waals surface area (Å²) in [7, 11) is 0. The predicted molar refractivity (Wildman–Crippen MR) is 86.5 cm³/mol. The molecule has 23 heavy (non-hydrogen) atoms. The molecular formula is C17H11N3O3. The molecule has 6 nitrogen and oxygen atoms in total. The Bertz CT molecular complexity index is 1090. The van der Waals surface area contributed by atoms with Crippen molar-refractivity contribution in [1.82, 2.24) is 10.2 Å².